The molecule has 1 aliphatic carbocycles. The molecule has 0 heterocycles. The average Bonchev–Trinajstić information content (AvgIpc) is 2.63. The largest absolute Gasteiger partial charge is 0.491 e. The van der Waals surface area contributed by atoms with Crippen molar-refractivity contribution >= 4 is 6.03 Å². The summed E-state index contributed by atoms with van der Waals surface area (Å²) in [6.45, 7) is 1.07. The van der Waals surface area contributed by atoms with Crippen LogP contribution < -0.4 is 15.4 Å². The van der Waals surface area contributed by atoms with Crippen molar-refractivity contribution in [2.45, 2.75) is 24.9 Å². The molecule has 2 aromatic carbocycles. The molecule has 0 saturated heterocycles. The van der Waals surface area contributed by atoms with Gasteiger partial charge in [0.1, 0.15) is 12.4 Å². The van der Waals surface area contributed by atoms with Gasteiger partial charge in [0.25, 0.3) is 0 Å². The lowest BCUT2D eigenvalue weighted by molar-refractivity contribution is -0.0290. The van der Waals surface area contributed by atoms with Crippen LogP contribution >= 0.6 is 0 Å². The van der Waals surface area contributed by atoms with Gasteiger partial charge in [-0.2, -0.15) is 0 Å². The number of carbonyl (C=O) groups is 1. The molecule has 0 atom stereocenters. The van der Waals surface area contributed by atoms with E-state index in [9.17, 15) is 9.90 Å². The normalized spacial score (nSPS) is 15.1. The van der Waals surface area contributed by atoms with E-state index >= 15 is 0 Å². The van der Waals surface area contributed by atoms with Crippen LogP contribution in [-0.4, -0.2) is 36.4 Å². The highest BCUT2D eigenvalue weighted by Gasteiger charge is 2.34. The molecular weight excluding hydrogens is 316 g/mol. The third-order valence-corrected chi connectivity index (χ3v) is 4.48. The van der Waals surface area contributed by atoms with Crippen molar-refractivity contribution < 1.29 is 14.6 Å². The van der Waals surface area contributed by atoms with Crippen LogP contribution in [0.2, 0.25) is 0 Å². The minimum Gasteiger partial charge on any atom is -0.491 e. The van der Waals surface area contributed by atoms with Crippen molar-refractivity contribution in [3.63, 3.8) is 0 Å². The lowest BCUT2D eigenvalue weighted by Crippen LogP contribution is -2.50. The zero-order valence-corrected chi connectivity index (χ0v) is 14.2. The molecule has 5 nitrogen and oxygen atoms in total. The van der Waals surface area contributed by atoms with Gasteiger partial charge in [0, 0.05) is 12.1 Å². The number of para-hydroxylation sites is 1. The van der Waals surface area contributed by atoms with Gasteiger partial charge < -0.3 is 20.5 Å². The molecule has 0 radical (unpaired) electrons. The maximum absolute atomic E-state index is 11.7. The van der Waals surface area contributed by atoms with Crippen molar-refractivity contribution in [3.8, 4) is 16.9 Å². The van der Waals surface area contributed by atoms with Gasteiger partial charge in [-0.1, -0.05) is 48.5 Å². The monoisotopic (exact) mass is 340 g/mol. The second kappa shape index (κ2) is 8.03. The van der Waals surface area contributed by atoms with E-state index in [0.717, 1.165) is 36.1 Å². The smallest absolute Gasteiger partial charge is 0.315 e. The Labute approximate surface area is 148 Å². The van der Waals surface area contributed by atoms with Crippen molar-refractivity contribution in [1.29, 1.82) is 0 Å². The summed E-state index contributed by atoms with van der Waals surface area (Å²) in [6, 6.07) is 17.6. The van der Waals surface area contributed by atoms with E-state index in [1.165, 1.54) is 0 Å². The first kappa shape index (κ1) is 17.3. The molecule has 0 aliphatic heterocycles. The Balaban J connectivity index is 1.44. The average molecular weight is 340 g/mol. The minimum absolute atomic E-state index is 0.278. The lowest BCUT2D eigenvalue weighted by atomic mass is 9.80. The predicted octanol–water partition coefficient (Wildman–Crippen LogP) is 2.95. The van der Waals surface area contributed by atoms with Crippen molar-refractivity contribution in [1.82, 2.24) is 10.6 Å². The second-order valence-electron chi connectivity index (χ2n) is 6.40. The minimum atomic E-state index is -0.706. The molecule has 132 valence electrons. The first-order valence-electron chi connectivity index (χ1n) is 8.68. The Morgan fingerprint density at radius 1 is 1.04 bits per heavy atom. The first-order valence-corrected chi connectivity index (χ1v) is 8.68. The molecule has 2 aromatic rings. The van der Waals surface area contributed by atoms with Gasteiger partial charge in [0.2, 0.25) is 0 Å². The van der Waals surface area contributed by atoms with Gasteiger partial charge in [0.15, 0.2) is 0 Å². The molecule has 1 fully saturated rings. The molecule has 25 heavy (non-hydrogen) atoms. The highest BCUT2D eigenvalue weighted by Crippen LogP contribution is 2.30. The predicted molar refractivity (Wildman–Crippen MR) is 97.6 cm³/mol. The third kappa shape index (κ3) is 4.73. The Bertz CT molecular complexity index is 699. The molecule has 3 rings (SSSR count). The second-order valence-corrected chi connectivity index (χ2v) is 6.40. The summed E-state index contributed by atoms with van der Waals surface area (Å²) in [5.74, 6) is 0.791. The van der Waals surface area contributed by atoms with E-state index in [4.69, 9.17) is 4.74 Å². The van der Waals surface area contributed by atoms with Crippen LogP contribution in [0.25, 0.3) is 11.1 Å². The van der Waals surface area contributed by atoms with Crippen LogP contribution in [0.5, 0.6) is 5.75 Å². The van der Waals surface area contributed by atoms with E-state index in [-0.39, 0.29) is 6.03 Å². The number of urea groups is 1. The number of amides is 2. The number of rotatable bonds is 7. The summed E-state index contributed by atoms with van der Waals surface area (Å²) in [6.07, 6.45) is 2.54. The third-order valence-electron chi connectivity index (χ3n) is 4.48. The molecule has 2 amide bonds. The summed E-state index contributed by atoms with van der Waals surface area (Å²) in [5, 5.41) is 15.4. The number of aliphatic hydroxyl groups is 1. The van der Waals surface area contributed by atoms with Gasteiger partial charge in [0.05, 0.1) is 12.1 Å². The van der Waals surface area contributed by atoms with Crippen LogP contribution in [0.3, 0.4) is 0 Å². The maximum atomic E-state index is 11.7. The van der Waals surface area contributed by atoms with Crippen LogP contribution in [0.15, 0.2) is 54.6 Å². The molecule has 1 aliphatic rings. The lowest BCUT2D eigenvalue weighted by Gasteiger charge is -2.36. The molecule has 0 aromatic heterocycles. The van der Waals surface area contributed by atoms with E-state index in [0.29, 0.717) is 19.7 Å². The van der Waals surface area contributed by atoms with Crippen LogP contribution in [0.4, 0.5) is 4.79 Å². The van der Waals surface area contributed by atoms with Crippen LogP contribution in [0.1, 0.15) is 19.3 Å². The van der Waals surface area contributed by atoms with Gasteiger partial charge in [-0.05, 0) is 30.9 Å². The highest BCUT2D eigenvalue weighted by molar-refractivity contribution is 5.74. The number of hydrogen-bond donors (Lipinski definition) is 3. The molecule has 5 heteroatoms. The van der Waals surface area contributed by atoms with Gasteiger partial charge in [-0.3, -0.25) is 0 Å². The summed E-state index contributed by atoms with van der Waals surface area (Å²) in [4.78, 5) is 11.7. The maximum Gasteiger partial charge on any atom is 0.315 e. The molecule has 0 unspecified atom stereocenters. The fraction of sp³-hybridized carbons (Fsp3) is 0.350. The summed E-state index contributed by atoms with van der Waals surface area (Å²) in [5.41, 5.74) is 1.42. The van der Waals surface area contributed by atoms with E-state index in [1.807, 2.05) is 54.6 Å². The number of benzene rings is 2. The van der Waals surface area contributed by atoms with E-state index in [2.05, 4.69) is 10.6 Å². The standard InChI is InChI=1S/C20H24N2O3/c23-19(22-15-20(24)11-6-12-20)21-13-14-25-18-10-5-4-9-17(18)16-7-2-1-3-8-16/h1-5,7-10,24H,6,11-15H2,(H2,21,22,23). The van der Waals surface area contributed by atoms with Gasteiger partial charge >= 0.3 is 6.03 Å². The number of ether oxygens (including phenoxy) is 1. The zero-order chi connectivity index (χ0) is 17.5. The molecule has 3 N–H and O–H groups in total. The van der Waals surface area contributed by atoms with Crippen LogP contribution in [0, 0.1) is 0 Å². The van der Waals surface area contributed by atoms with Gasteiger partial charge in [-0.25, -0.2) is 4.79 Å². The quantitative estimate of drug-likeness (QED) is 0.679. The molecule has 0 spiro atoms. The molecular formula is C20H24N2O3. The Morgan fingerprint density at radius 2 is 1.76 bits per heavy atom. The van der Waals surface area contributed by atoms with Crippen LogP contribution in [-0.2, 0) is 0 Å². The fourth-order valence-electron chi connectivity index (χ4n) is 2.84. The van der Waals surface area contributed by atoms with Crippen molar-refractivity contribution in [2.24, 2.45) is 0 Å². The molecule has 0 bridgehead atoms. The van der Waals surface area contributed by atoms with Crippen molar-refractivity contribution in [2.75, 3.05) is 19.7 Å². The van der Waals surface area contributed by atoms with Crippen molar-refractivity contribution in [3.05, 3.63) is 54.6 Å². The molecule has 1 saturated carbocycles. The number of nitrogens with one attached hydrogen (secondary N) is 2. The number of carbonyl (C=O) groups excluding carboxylic acids is 1. The Morgan fingerprint density at radius 3 is 2.48 bits per heavy atom. The Hall–Kier alpha value is -2.53. The zero-order valence-electron chi connectivity index (χ0n) is 14.2. The van der Waals surface area contributed by atoms with E-state index < -0.39 is 5.60 Å². The fourth-order valence-corrected chi connectivity index (χ4v) is 2.84. The number of hydrogen-bond acceptors (Lipinski definition) is 3. The summed E-state index contributed by atoms with van der Waals surface area (Å²) in [7, 11) is 0. The summed E-state index contributed by atoms with van der Waals surface area (Å²) < 4.78 is 5.83. The first-order chi connectivity index (χ1) is 12.2. The van der Waals surface area contributed by atoms with E-state index in [1.54, 1.807) is 0 Å². The Kier molecular flexibility index (Phi) is 5.56. The highest BCUT2D eigenvalue weighted by atomic mass is 16.5. The summed E-state index contributed by atoms with van der Waals surface area (Å²) >= 11 is 0. The topological polar surface area (TPSA) is 70.6 Å². The van der Waals surface area contributed by atoms with Gasteiger partial charge in [-0.15, -0.1) is 0 Å². The SMILES string of the molecule is O=C(NCCOc1ccccc1-c1ccccc1)NCC1(O)CCC1.